The van der Waals surface area contributed by atoms with E-state index in [1.54, 1.807) is 19.9 Å². The minimum absolute atomic E-state index is 0.0327. The number of aliphatic hydroxyl groups is 1. The van der Waals surface area contributed by atoms with E-state index in [1.807, 2.05) is 30.3 Å². The molecule has 1 heterocycles. The molecule has 138 valence electrons. The maximum Gasteiger partial charge on any atom is 0.341 e. The van der Waals surface area contributed by atoms with E-state index in [0.29, 0.717) is 28.9 Å². The van der Waals surface area contributed by atoms with Gasteiger partial charge in [-0.3, -0.25) is 0 Å². The van der Waals surface area contributed by atoms with Gasteiger partial charge in [-0.25, -0.2) is 4.79 Å². The number of esters is 1. The van der Waals surface area contributed by atoms with Crippen LogP contribution in [0.4, 0.5) is 0 Å². The molecule has 0 amide bonds. The third-order valence-corrected chi connectivity index (χ3v) is 4.92. The van der Waals surface area contributed by atoms with E-state index in [4.69, 9.17) is 9.47 Å². The second-order valence-corrected chi connectivity index (χ2v) is 7.14. The van der Waals surface area contributed by atoms with Gasteiger partial charge in [0.05, 0.1) is 13.2 Å². The number of benzene rings is 2. The molecule has 1 atom stereocenters. The number of hydrogen-bond donors (Lipinski definition) is 2. The van der Waals surface area contributed by atoms with Crippen LogP contribution in [0.3, 0.4) is 0 Å². The van der Waals surface area contributed by atoms with Gasteiger partial charge in [0.15, 0.2) is 0 Å². The monoisotopic (exact) mass is 356 g/mol. The number of methoxy groups -OCH3 is 1. The van der Waals surface area contributed by atoms with Gasteiger partial charge in [-0.05, 0) is 43.9 Å². The minimum atomic E-state index is -0.861. The molecule has 2 aromatic rings. The first-order chi connectivity index (χ1) is 12.3. The molecule has 0 bridgehead atoms. The smallest absolute Gasteiger partial charge is 0.341 e. The highest BCUT2D eigenvalue weighted by molar-refractivity contribution is 5.95. The molecular weight excluding hydrogens is 332 g/mol. The lowest BCUT2D eigenvalue weighted by Gasteiger charge is -2.38. The van der Waals surface area contributed by atoms with Crippen molar-refractivity contribution in [3.05, 3.63) is 58.7 Å². The quantitative estimate of drug-likeness (QED) is 0.824. The van der Waals surface area contributed by atoms with Gasteiger partial charge in [-0.15, -0.1) is 0 Å². The highest BCUT2D eigenvalue weighted by Gasteiger charge is 2.40. The fraction of sp³-hybridized carbons (Fsp3) is 0.381. The molecule has 0 aliphatic carbocycles. The van der Waals surface area contributed by atoms with E-state index in [0.717, 1.165) is 12.0 Å². The number of aromatic hydroxyl groups is 1. The first-order valence-corrected chi connectivity index (χ1v) is 8.70. The molecule has 0 radical (unpaired) electrons. The number of aryl methyl sites for hydroxylation is 2. The van der Waals surface area contributed by atoms with E-state index in [2.05, 4.69) is 0 Å². The molecule has 0 spiro atoms. The predicted molar refractivity (Wildman–Crippen MR) is 97.7 cm³/mol. The summed E-state index contributed by atoms with van der Waals surface area (Å²) in [6.07, 6.45) is 0.718. The van der Waals surface area contributed by atoms with Gasteiger partial charge in [-0.2, -0.15) is 0 Å². The Balaban J connectivity index is 2.04. The van der Waals surface area contributed by atoms with Crippen LogP contribution in [0, 0.1) is 0 Å². The second-order valence-electron chi connectivity index (χ2n) is 7.14. The predicted octanol–water partition coefficient (Wildman–Crippen LogP) is 3.04. The van der Waals surface area contributed by atoms with Crippen molar-refractivity contribution in [3.8, 4) is 11.5 Å². The SMILES string of the molecule is COC(=O)c1c(CCc2ccccc2)cc(O)c2c1OC(C)(C)C(O)C2. The molecule has 3 rings (SSSR count). The van der Waals surface area contributed by atoms with Crippen molar-refractivity contribution >= 4 is 5.97 Å². The van der Waals surface area contributed by atoms with Crippen molar-refractivity contribution in [1.29, 1.82) is 0 Å². The number of carbonyl (C=O) groups excluding carboxylic acids is 1. The number of carbonyl (C=O) groups is 1. The summed E-state index contributed by atoms with van der Waals surface area (Å²) in [5, 5.41) is 20.7. The van der Waals surface area contributed by atoms with Crippen molar-refractivity contribution in [1.82, 2.24) is 0 Å². The maximum atomic E-state index is 12.5. The van der Waals surface area contributed by atoms with Crippen LogP contribution in [0.25, 0.3) is 0 Å². The van der Waals surface area contributed by atoms with Crippen LogP contribution in [0.5, 0.6) is 11.5 Å². The number of fused-ring (bicyclic) bond motifs is 1. The Morgan fingerprint density at radius 3 is 2.62 bits per heavy atom. The molecule has 1 aliphatic rings. The van der Waals surface area contributed by atoms with Gasteiger partial charge < -0.3 is 19.7 Å². The van der Waals surface area contributed by atoms with E-state index >= 15 is 0 Å². The average molecular weight is 356 g/mol. The first kappa shape index (κ1) is 18.3. The van der Waals surface area contributed by atoms with Crippen LogP contribution in [-0.4, -0.2) is 35.0 Å². The Hall–Kier alpha value is -2.53. The van der Waals surface area contributed by atoms with Crippen molar-refractivity contribution in [2.24, 2.45) is 0 Å². The summed E-state index contributed by atoms with van der Waals surface area (Å²) >= 11 is 0. The van der Waals surface area contributed by atoms with Crippen molar-refractivity contribution in [2.75, 3.05) is 7.11 Å². The van der Waals surface area contributed by atoms with E-state index in [1.165, 1.54) is 7.11 Å². The van der Waals surface area contributed by atoms with Gasteiger partial charge in [0.25, 0.3) is 0 Å². The van der Waals surface area contributed by atoms with Crippen LogP contribution in [-0.2, 0) is 24.0 Å². The highest BCUT2D eigenvalue weighted by atomic mass is 16.5. The summed E-state index contributed by atoms with van der Waals surface area (Å²) in [6, 6.07) is 11.5. The standard InChI is InChI=1S/C21H24O5/c1-21(2)17(23)12-15-16(22)11-14(10-9-13-7-5-4-6-8-13)18(19(15)26-21)20(24)25-3/h4-8,11,17,22-23H,9-10,12H2,1-3H3. The Morgan fingerprint density at radius 1 is 1.27 bits per heavy atom. The Morgan fingerprint density at radius 2 is 1.96 bits per heavy atom. The van der Waals surface area contributed by atoms with Crippen molar-refractivity contribution < 1.29 is 24.5 Å². The number of ether oxygens (including phenoxy) is 2. The molecule has 0 fully saturated rings. The molecule has 1 unspecified atom stereocenters. The van der Waals surface area contributed by atoms with Crippen molar-refractivity contribution in [2.45, 2.75) is 44.8 Å². The van der Waals surface area contributed by atoms with Crippen LogP contribution in [0.2, 0.25) is 0 Å². The Kier molecular flexibility index (Phi) is 4.92. The summed E-state index contributed by atoms with van der Waals surface area (Å²) in [5.41, 5.74) is 1.72. The van der Waals surface area contributed by atoms with E-state index in [9.17, 15) is 15.0 Å². The molecular formula is C21H24O5. The molecule has 1 aliphatic heterocycles. The van der Waals surface area contributed by atoms with Crippen molar-refractivity contribution in [3.63, 3.8) is 0 Å². The average Bonchev–Trinajstić information content (AvgIpc) is 2.62. The van der Waals surface area contributed by atoms with Crippen LogP contribution >= 0.6 is 0 Å². The number of phenols is 1. The summed E-state index contributed by atoms with van der Waals surface area (Å²) in [7, 11) is 1.32. The third-order valence-electron chi connectivity index (χ3n) is 4.92. The van der Waals surface area contributed by atoms with Gasteiger partial charge in [-0.1, -0.05) is 30.3 Å². The lowest BCUT2D eigenvalue weighted by Crippen LogP contribution is -2.46. The lowest BCUT2D eigenvalue weighted by atomic mass is 9.87. The summed E-state index contributed by atoms with van der Waals surface area (Å²) < 4.78 is 10.9. The van der Waals surface area contributed by atoms with Gasteiger partial charge in [0.2, 0.25) is 0 Å². The molecule has 2 aromatic carbocycles. The van der Waals surface area contributed by atoms with E-state index in [-0.39, 0.29) is 12.2 Å². The largest absolute Gasteiger partial charge is 0.508 e. The molecule has 5 nitrogen and oxygen atoms in total. The minimum Gasteiger partial charge on any atom is -0.508 e. The third kappa shape index (κ3) is 3.40. The van der Waals surface area contributed by atoms with E-state index < -0.39 is 17.7 Å². The van der Waals surface area contributed by atoms with Gasteiger partial charge >= 0.3 is 5.97 Å². The van der Waals surface area contributed by atoms with Crippen LogP contribution in [0.15, 0.2) is 36.4 Å². The molecule has 0 saturated heterocycles. The zero-order valence-corrected chi connectivity index (χ0v) is 15.3. The Bertz CT molecular complexity index is 811. The summed E-state index contributed by atoms with van der Waals surface area (Å²) in [4.78, 5) is 12.5. The zero-order valence-electron chi connectivity index (χ0n) is 15.3. The molecule has 26 heavy (non-hydrogen) atoms. The molecule has 2 N–H and O–H groups in total. The number of hydrogen-bond acceptors (Lipinski definition) is 5. The van der Waals surface area contributed by atoms with Gasteiger partial charge in [0, 0.05) is 12.0 Å². The molecule has 0 saturated carbocycles. The number of aliphatic hydroxyl groups excluding tert-OH is 1. The lowest BCUT2D eigenvalue weighted by molar-refractivity contribution is -0.0424. The number of phenolic OH excluding ortho intramolecular Hbond substituents is 1. The molecule has 0 aromatic heterocycles. The maximum absolute atomic E-state index is 12.5. The zero-order chi connectivity index (χ0) is 18.9. The second kappa shape index (κ2) is 7.00. The molecule has 5 heteroatoms. The normalized spacial score (nSPS) is 17.9. The fourth-order valence-electron chi connectivity index (χ4n) is 3.26. The summed E-state index contributed by atoms with van der Waals surface area (Å²) in [5.74, 6) is -0.156. The number of rotatable bonds is 4. The topological polar surface area (TPSA) is 76.0 Å². The fourth-order valence-corrected chi connectivity index (χ4v) is 3.26. The highest BCUT2D eigenvalue weighted by Crippen LogP contribution is 2.43. The van der Waals surface area contributed by atoms with Crippen LogP contribution < -0.4 is 4.74 Å². The Labute approximate surface area is 153 Å². The van der Waals surface area contributed by atoms with Crippen LogP contribution in [0.1, 0.15) is 40.9 Å². The summed E-state index contributed by atoms with van der Waals surface area (Å²) in [6.45, 7) is 3.52. The van der Waals surface area contributed by atoms with Gasteiger partial charge in [0.1, 0.15) is 22.7 Å². The first-order valence-electron chi connectivity index (χ1n) is 8.70.